The lowest BCUT2D eigenvalue weighted by atomic mass is 10.1. The standard InChI is InChI=1S/C13H12N2O3/c1-8-2-3-11(4-9(8)6-14)15-7-10(13(17)18)5-12(15)16/h2-4,10H,5,7H2,1H3,(H,17,18). The number of aryl methyl sites for hydroxylation is 1. The molecule has 0 aromatic heterocycles. The van der Waals surface area contributed by atoms with Gasteiger partial charge in [-0.3, -0.25) is 9.59 Å². The Bertz CT molecular complexity index is 560. The Morgan fingerprint density at radius 1 is 1.56 bits per heavy atom. The molecule has 18 heavy (non-hydrogen) atoms. The molecule has 1 unspecified atom stereocenters. The van der Waals surface area contributed by atoms with Crippen LogP contribution in [0, 0.1) is 24.2 Å². The van der Waals surface area contributed by atoms with Crippen LogP contribution in [0.1, 0.15) is 17.5 Å². The molecule has 1 aromatic carbocycles. The Morgan fingerprint density at radius 2 is 2.28 bits per heavy atom. The van der Waals surface area contributed by atoms with Crippen LogP contribution in [0.3, 0.4) is 0 Å². The maximum atomic E-state index is 11.8. The molecule has 1 aliphatic heterocycles. The maximum Gasteiger partial charge on any atom is 0.308 e. The van der Waals surface area contributed by atoms with Crippen molar-refractivity contribution in [3.8, 4) is 6.07 Å². The molecule has 92 valence electrons. The van der Waals surface area contributed by atoms with E-state index in [1.165, 1.54) is 4.90 Å². The van der Waals surface area contributed by atoms with Crippen molar-refractivity contribution in [2.24, 2.45) is 5.92 Å². The second-order valence-electron chi connectivity index (χ2n) is 4.35. The number of carbonyl (C=O) groups excluding carboxylic acids is 1. The van der Waals surface area contributed by atoms with Crippen LogP contribution in [-0.2, 0) is 9.59 Å². The van der Waals surface area contributed by atoms with E-state index in [-0.39, 0.29) is 18.9 Å². The van der Waals surface area contributed by atoms with E-state index in [1.807, 2.05) is 6.92 Å². The number of carbonyl (C=O) groups is 2. The summed E-state index contributed by atoms with van der Waals surface area (Å²) in [5, 5.41) is 17.9. The number of nitrogens with zero attached hydrogens (tertiary/aromatic N) is 2. The number of rotatable bonds is 2. The molecule has 1 aromatic rings. The van der Waals surface area contributed by atoms with Crippen molar-refractivity contribution in [1.29, 1.82) is 5.26 Å². The third-order valence-corrected chi connectivity index (χ3v) is 3.13. The first kappa shape index (κ1) is 12.1. The molecule has 0 bridgehead atoms. The molecule has 1 atom stereocenters. The summed E-state index contributed by atoms with van der Waals surface area (Å²) in [6.45, 7) is 1.98. The van der Waals surface area contributed by atoms with Crippen LogP contribution in [0.2, 0.25) is 0 Å². The summed E-state index contributed by atoms with van der Waals surface area (Å²) in [5.74, 6) is -1.84. The monoisotopic (exact) mass is 244 g/mol. The minimum Gasteiger partial charge on any atom is -0.481 e. The molecule has 0 radical (unpaired) electrons. The average molecular weight is 244 g/mol. The molecule has 0 saturated carbocycles. The number of nitriles is 1. The summed E-state index contributed by atoms with van der Waals surface area (Å²) in [7, 11) is 0. The van der Waals surface area contributed by atoms with E-state index >= 15 is 0 Å². The quantitative estimate of drug-likeness (QED) is 0.850. The predicted octanol–water partition coefficient (Wildman–Crippen LogP) is 1.30. The van der Waals surface area contributed by atoms with Crippen molar-refractivity contribution in [3.05, 3.63) is 29.3 Å². The van der Waals surface area contributed by atoms with Gasteiger partial charge in [-0.15, -0.1) is 0 Å². The van der Waals surface area contributed by atoms with Gasteiger partial charge in [0, 0.05) is 18.7 Å². The fourth-order valence-electron chi connectivity index (χ4n) is 2.02. The maximum absolute atomic E-state index is 11.8. The number of carboxylic acids is 1. The van der Waals surface area contributed by atoms with E-state index in [2.05, 4.69) is 6.07 Å². The Hall–Kier alpha value is -2.35. The Balaban J connectivity index is 2.30. The number of aliphatic carboxylic acids is 1. The molecule has 1 saturated heterocycles. The van der Waals surface area contributed by atoms with Crippen LogP contribution in [0.4, 0.5) is 5.69 Å². The van der Waals surface area contributed by atoms with Crippen molar-refractivity contribution >= 4 is 17.6 Å². The van der Waals surface area contributed by atoms with Gasteiger partial charge in [-0.1, -0.05) is 6.07 Å². The van der Waals surface area contributed by atoms with Crippen molar-refractivity contribution < 1.29 is 14.7 Å². The third-order valence-electron chi connectivity index (χ3n) is 3.13. The van der Waals surface area contributed by atoms with Gasteiger partial charge < -0.3 is 10.0 Å². The van der Waals surface area contributed by atoms with Gasteiger partial charge in [0.2, 0.25) is 5.91 Å². The summed E-state index contributed by atoms with van der Waals surface area (Å²) in [6, 6.07) is 7.17. The van der Waals surface area contributed by atoms with Crippen molar-refractivity contribution in [3.63, 3.8) is 0 Å². The predicted molar refractivity (Wildman–Crippen MR) is 64.0 cm³/mol. The minimum absolute atomic E-state index is 0.0189. The largest absolute Gasteiger partial charge is 0.481 e. The zero-order chi connectivity index (χ0) is 13.3. The zero-order valence-electron chi connectivity index (χ0n) is 9.88. The fraction of sp³-hybridized carbons (Fsp3) is 0.308. The van der Waals surface area contributed by atoms with Gasteiger partial charge in [-0.25, -0.2) is 0 Å². The molecule has 1 fully saturated rings. The Kier molecular flexibility index (Phi) is 3.02. The van der Waals surface area contributed by atoms with Crippen molar-refractivity contribution in [2.75, 3.05) is 11.4 Å². The molecule has 0 aliphatic carbocycles. The lowest BCUT2D eigenvalue weighted by Gasteiger charge is -2.16. The van der Waals surface area contributed by atoms with E-state index in [4.69, 9.17) is 10.4 Å². The molecule has 1 N–H and O–H groups in total. The van der Waals surface area contributed by atoms with E-state index in [0.29, 0.717) is 11.3 Å². The molecule has 0 spiro atoms. The van der Waals surface area contributed by atoms with Gasteiger partial charge in [-0.2, -0.15) is 5.26 Å². The lowest BCUT2D eigenvalue weighted by Crippen LogP contribution is -2.25. The number of hydrogen-bond donors (Lipinski definition) is 1. The summed E-state index contributed by atoms with van der Waals surface area (Å²) in [5.41, 5.74) is 1.92. The van der Waals surface area contributed by atoms with Crippen LogP contribution in [-0.4, -0.2) is 23.5 Å². The van der Waals surface area contributed by atoms with Crippen LogP contribution in [0.15, 0.2) is 18.2 Å². The summed E-state index contributed by atoms with van der Waals surface area (Å²) < 4.78 is 0. The van der Waals surface area contributed by atoms with Crippen LogP contribution >= 0.6 is 0 Å². The minimum atomic E-state index is -0.960. The van der Waals surface area contributed by atoms with Crippen molar-refractivity contribution in [2.45, 2.75) is 13.3 Å². The Labute approximate surface area is 104 Å². The van der Waals surface area contributed by atoms with E-state index in [9.17, 15) is 9.59 Å². The van der Waals surface area contributed by atoms with Gasteiger partial charge >= 0.3 is 5.97 Å². The van der Waals surface area contributed by atoms with Gasteiger partial charge in [0.05, 0.1) is 17.6 Å². The topological polar surface area (TPSA) is 81.4 Å². The molecule has 1 aliphatic rings. The van der Waals surface area contributed by atoms with Gasteiger partial charge in [0.1, 0.15) is 0 Å². The second kappa shape index (κ2) is 4.49. The first-order valence-electron chi connectivity index (χ1n) is 5.57. The molecular formula is C13H12N2O3. The highest BCUT2D eigenvalue weighted by Crippen LogP contribution is 2.26. The van der Waals surface area contributed by atoms with Crippen LogP contribution in [0.5, 0.6) is 0 Å². The zero-order valence-corrected chi connectivity index (χ0v) is 9.88. The number of benzene rings is 1. The third kappa shape index (κ3) is 2.05. The fourth-order valence-corrected chi connectivity index (χ4v) is 2.02. The van der Waals surface area contributed by atoms with Crippen LogP contribution in [0.25, 0.3) is 0 Å². The lowest BCUT2D eigenvalue weighted by molar-refractivity contribution is -0.141. The molecule has 5 heteroatoms. The summed E-state index contributed by atoms with van der Waals surface area (Å²) >= 11 is 0. The molecular weight excluding hydrogens is 232 g/mol. The van der Waals surface area contributed by atoms with E-state index in [1.54, 1.807) is 18.2 Å². The number of hydrogen-bond acceptors (Lipinski definition) is 3. The number of carboxylic acid groups (broad SMARTS) is 1. The average Bonchev–Trinajstić information content (AvgIpc) is 2.72. The normalized spacial score (nSPS) is 18.8. The molecule has 1 heterocycles. The molecule has 5 nitrogen and oxygen atoms in total. The van der Waals surface area contributed by atoms with Crippen LogP contribution < -0.4 is 4.90 Å². The Morgan fingerprint density at radius 3 is 2.83 bits per heavy atom. The van der Waals surface area contributed by atoms with Gasteiger partial charge in [0.15, 0.2) is 0 Å². The highest BCUT2D eigenvalue weighted by Gasteiger charge is 2.35. The number of anilines is 1. The molecule has 1 amide bonds. The summed E-state index contributed by atoms with van der Waals surface area (Å²) in [4.78, 5) is 24.1. The SMILES string of the molecule is Cc1ccc(N2CC(C(=O)O)CC2=O)cc1C#N. The van der Waals surface area contributed by atoms with Crippen molar-refractivity contribution in [1.82, 2.24) is 0 Å². The highest BCUT2D eigenvalue weighted by molar-refractivity contribution is 5.99. The van der Waals surface area contributed by atoms with Gasteiger partial charge in [-0.05, 0) is 24.6 Å². The summed E-state index contributed by atoms with van der Waals surface area (Å²) in [6.07, 6.45) is 0.0189. The first-order chi connectivity index (χ1) is 8.52. The second-order valence-corrected chi connectivity index (χ2v) is 4.35. The molecule has 2 rings (SSSR count). The van der Waals surface area contributed by atoms with Gasteiger partial charge in [0.25, 0.3) is 0 Å². The highest BCUT2D eigenvalue weighted by atomic mass is 16.4. The van der Waals surface area contributed by atoms with E-state index < -0.39 is 11.9 Å². The smallest absolute Gasteiger partial charge is 0.308 e. The first-order valence-corrected chi connectivity index (χ1v) is 5.57. The number of amides is 1. The van der Waals surface area contributed by atoms with E-state index in [0.717, 1.165) is 5.56 Å².